The van der Waals surface area contributed by atoms with Crippen molar-refractivity contribution >= 4 is 11.7 Å². The molecule has 1 atom stereocenters. The summed E-state index contributed by atoms with van der Waals surface area (Å²) >= 11 is 0. The average molecular weight is 169 g/mol. The first kappa shape index (κ1) is 9.23. The Kier molecular flexibility index (Phi) is 2.84. The molecule has 3 heteroatoms. The van der Waals surface area contributed by atoms with E-state index < -0.39 is 0 Å². The van der Waals surface area contributed by atoms with Crippen molar-refractivity contribution in [1.29, 1.82) is 0 Å². The van der Waals surface area contributed by atoms with Crippen molar-refractivity contribution in [3.05, 3.63) is 0 Å². The maximum absolute atomic E-state index is 11.3. The van der Waals surface area contributed by atoms with Crippen molar-refractivity contribution in [3.8, 4) is 0 Å². The molecule has 0 unspecified atom stereocenters. The zero-order chi connectivity index (χ0) is 9.14. The number of Topliss-reactive ketones (excluding diaryl/α,β-unsaturated/α-hetero) is 1. The Hall–Kier alpha value is -0.860. The van der Waals surface area contributed by atoms with Crippen molar-refractivity contribution in [2.45, 2.75) is 39.2 Å². The van der Waals surface area contributed by atoms with E-state index in [1.807, 2.05) is 6.92 Å². The lowest BCUT2D eigenvalue weighted by atomic mass is 10.1. The highest BCUT2D eigenvalue weighted by molar-refractivity contribution is 5.88. The van der Waals surface area contributed by atoms with Crippen LogP contribution in [0.2, 0.25) is 0 Å². The van der Waals surface area contributed by atoms with Gasteiger partial charge in [0.05, 0.1) is 6.04 Å². The van der Waals surface area contributed by atoms with E-state index >= 15 is 0 Å². The summed E-state index contributed by atoms with van der Waals surface area (Å²) in [5.74, 6) is 0.241. The molecule has 0 saturated carbocycles. The number of rotatable bonds is 3. The number of amides is 1. The minimum Gasteiger partial charge on any atom is -0.333 e. The largest absolute Gasteiger partial charge is 0.333 e. The summed E-state index contributed by atoms with van der Waals surface area (Å²) < 4.78 is 0. The van der Waals surface area contributed by atoms with Crippen LogP contribution in [0, 0.1) is 0 Å². The third kappa shape index (κ3) is 1.65. The summed E-state index contributed by atoms with van der Waals surface area (Å²) in [7, 11) is 0. The lowest BCUT2D eigenvalue weighted by Crippen LogP contribution is -2.40. The number of hydrogen-bond donors (Lipinski definition) is 0. The van der Waals surface area contributed by atoms with E-state index in [1.165, 1.54) is 0 Å². The van der Waals surface area contributed by atoms with Gasteiger partial charge < -0.3 is 4.90 Å². The van der Waals surface area contributed by atoms with Gasteiger partial charge in [-0.05, 0) is 19.8 Å². The molecular weight excluding hydrogens is 154 g/mol. The molecular formula is C9H15NO2. The molecule has 3 nitrogen and oxygen atoms in total. The van der Waals surface area contributed by atoms with Gasteiger partial charge in [0.15, 0.2) is 5.78 Å². The number of hydrogen-bond acceptors (Lipinski definition) is 2. The van der Waals surface area contributed by atoms with E-state index in [0.717, 1.165) is 19.4 Å². The monoisotopic (exact) mass is 169 g/mol. The Morgan fingerprint density at radius 2 is 2.33 bits per heavy atom. The molecule has 0 radical (unpaired) electrons. The first-order valence-corrected chi connectivity index (χ1v) is 4.46. The molecule has 0 aromatic rings. The molecule has 1 aliphatic rings. The SMILES string of the molecule is CC[C@@H](C(C)=O)N1CCCC1=O. The smallest absolute Gasteiger partial charge is 0.223 e. The van der Waals surface area contributed by atoms with Crippen LogP contribution in [-0.4, -0.2) is 29.2 Å². The lowest BCUT2D eigenvalue weighted by Gasteiger charge is -2.23. The van der Waals surface area contributed by atoms with Gasteiger partial charge >= 0.3 is 0 Å². The molecule has 1 aliphatic heterocycles. The fraction of sp³-hybridized carbons (Fsp3) is 0.778. The summed E-state index contributed by atoms with van der Waals surface area (Å²) in [5.41, 5.74) is 0. The molecule has 0 spiro atoms. The molecule has 1 saturated heterocycles. The molecule has 0 aromatic heterocycles. The summed E-state index contributed by atoms with van der Waals surface area (Å²) in [4.78, 5) is 24.1. The molecule has 1 amide bonds. The number of nitrogens with zero attached hydrogens (tertiary/aromatic N) is 1. The van der Waals surface area contributed by atoms with Gasteiger partial charge in [-0.1, -0.05) is 6.92 Å². The van der Waals surface area contributed by atoms with Crippen LogP contribution >= 0.6 is 0 Å². The second-order valence-corrected chi connectivity index (χ2v) is 3.23. The quantitative estimate of drug-likeness (QED) is 0.631. The molecule has 1 fully saturated rings. The Morgan fingerprint density at radius 1 is 1.67 bits per heavy atom. The third-order valence-electron chi connectivity index (χ3n) is 2.34. The second kappa shape index (κ2) is 3.70. The minimum absolute atomic E-state index is 0.104. The predicted molar refractivity (Wildman–Crippen MR) is 45.7 cm³/mol. The summed E-state index contributed by atoms with van der Waals surface area (Å²) in [6, 6.07) is -0.167. The topological polar surface area (TPSA) is 37.4 Å². The average Bonchev–Trinajstić information content (AvgIpc) is 2.38. The Balaban J connectivity index is 2.65. The van der Waals surface area contributed by atoms with Crippen molar-refractivity contribution in [1.82, 2.24) is 4.90 Å². The highest BCUT2D eigenvalue weighted by Gasteiger charge is 2.28. The lowest BCUT2D eigenvalue weighted by molar-refractivity contribution is -0.135. The fourth-order valence-corrected chi connectivity index (χ4v) is 1.73. The summed E-state index contributed by atoms with van der Waals surface area (Å²) in [6.45, 7) is 4.26. The van der Waals surface area contributed by atoms with Gasteiger partial charge in [-0.3, -0.25) is 9.59 Å². The van der Waals surface area contributed by atoms with Crippen LogP contribution in [0.4, 0.5) is 0 Å². The first-order chi connectivity index (χ1) is 5.66. The van der Waals surface area contributed by atoms with Crippen LogP contribution in [0.3, 0.4) is 0 Å². The van der Waals surface area contributed by atoms with Crippen LogP contribution in [0.5, 0.6) is 0 Å². The Labute approximate surface area is 72.7 Å². The van der Waals surface area contributed by atoms with E-state index in [0.29, 0.717) is 6.42 Å². The van der Waals surface area contributed by atoms with Gasteiger partial charge in [-0.15, -0.1) is 0 Å². The van der Waals surface area contributed by atoms with Gasteiger partial charge in [0.2, 0.25) is 5.91 Å². The highest BCUT2D eigenvalue weighted by atomic mass is 16.2. The van der Waals surface area contributed by atoms with Crippen LogP contribution in [0.1, 0.15) is 33.1 Å². The van der Waals surface area contributed by atoms with Gasteiger partial charge in [0, 0.05) is 13.0 Å². The molecule has 0 bridgehead atoms. The first-order valence-electron chi connectivity index (χ1n) is 4.46. The number of carbonyl (C=O) groups excluding carboxylic acids is 2. The van der Waals surface area contributed by atoms with E-state index in [2.05, 4.69) is 0 Å². The van der Waals surface area contributed by atoms with Crippen molar-refractivity contribution in [2.75, 3.05) is 6.54 Å². The fourth-order valence-electron chi connectivity index (χ4n) is 1.73. The van der Waals surface area contributed by atoms with Crippen molar-refractivity contribution in [3.63, 3.8) is 0 Å². The van der Waals surface area contributed by atoms with Gasteiger partial charge in [-0.25, -0.2) is 0 Å². The zero-order valence-electron chi connectivity index (χ0n) is 7.67. The van der Waals surface area contributed by atoms with Crippen LogP contribution in [0.25, 0.3) is 0 Å². The standard InChI is InChI=1S/C9H15NO2/c1-3-8(7(2)11)10-6-4-5-9(10)12/h8H,3-6H2,1-2H3/t8-/m0/s1. The molecule has 1 heterocycles. The van der Waals surface area contributed by atoms with E-state index in [4.69, 9.17) is 0 Å². The highest BCUT2D eigenvalue weighted by Crippen LogP contribution is 2.15. The summed E-state index contributed by atoms with van der Waals surface area (Å²) in [5, 5.41) is 0. The van der Waals surface area contributed by atoms with E-state index in [9.17, 15) is 9.59 Å². The number of ketones is 1. The van der Waals surface area contributed by atoms with Gasteiger partial charge in [-0.2, -0.15) is 0 Å². The van der Waals surface area contributed by atoms with Gasteiger partial charge in [0.1, 0.15) is 0 Å². The molecule has 0 aromatic carbocycles. The number of likely N-dealkylation sites (tertiary alicyclic amines) is 1. The molecule has 12 heavy (non-hydrogen) atoms. The maximum Gasteiger partial charge on any atom is 0.223 e. The molecule has 0 aliphatic carbocycles. The summed E-state index contributed by atoms with van der Waals surface area (Å²) in [6.07, 6.45) is 2.26. The van der Waals surface area contributed by atoms with Crippen LogP contribution in [-0.2, 0) is 9.59 Å². The minimum atomic E-state index is -0.167. The van der Waals surface area contributed by atoms with Crippen molar-refractivity contribution in [2.24, 2.45) is 0 Å². The van der Waals surface area contributed by atoms with Gasteiger partial charge in [0.25, 0.3) is 0 Å². The molecule has 68 valence electrons. The maximum atomic E-state index is 11.3. The van der Waals surface area contributed by atoms with Crippen molar-refractivity contribution < 1.29 is 9.59 Å². The van der Waals surface area contributed by atoms with E-state index in [-0.39, 0.29) is 17.7 Å². The van der Waals surface area contributed by atoms with Crippen LogP contribution < -0.4 is 0 Å². The van der Waals surface area contributed by atoms with E-state index in [1.54, 1.807) is 11.8 Å². The molecule has 0 N–H and O–H groups in total. The Morgan fingerprint density at radius 3 is 2.67 bits per heavy atom. The Bertz CT molecular complexity index is 201. The van der Waals surface area contributed by atoms with Crippen LogP contribution in [0.15, 0.2) is 0 Å². The predicted octanol–water partition coefficient (Wildman–Crippen LogP) is 0.976. The zero-order valence-corrected chi connectivity index (χ0v) is 7.67. The molecule has 1 rings (SSSR count). The second-order valence-electron chi connectivity index (χ2n) is 3.23. The third-order valence-corrected chi connectivity index (χ3v) is 2.34. The number of carbonyl (C=O) groups is 2. The normalized spacial score (nSPS) is 19.8.